The molecule has 0 aliphatic carbocycles. The molecule has 1 saturated heterocycles. The van der Waals surface area contributed by atoms with Gasteiger partial charge in [0.25, 0.3) is 0 Å². The van der Waals surface area contributed by atoms with Crippen molar-refractivity contribution in [2.75, 3.05) is 11.9 Å². The van der Waals surface area contributed by atoms with Gasteiger partial charge in [0.05, 0.1) is 0 Å². The summed E-state index contributed by atoms with van der Waals surface area (Å²) in [6, 6.07) is 6.65. The Balaban J connectivity index is 2.35. The van der Waals surface area contributed by atoms with Gasteiger partial charge in [-0.3, -0.25) is 14.4 Å². The van der Waals surface area contributed by atoms with Crippen molar-refractivity contribution in [1.29, 1.82) is 0 Å². The van der Waals surface area contributed by atoms with Crippen molar-refractivity contribution in [2.24, 2.45) is 0 Å². The first-order valence-electron chi connectivity index (χ1n) is 6.52. The van der Waals surface area contributed by atoms with Crippen LogP contribution in [0.15, 0.2) is 36.9 Å². The van der Waals surface area contributed by atoms with E-state index >= 15 is 0 Å². The molecule has 21 heavy (non-hydrogen) atoms. The maximum absolute atomic E-state index is 11.7. The Morgan fingerprint density at radius 1 is 1.43 bits per heavy atom. The third kappa shape index (κ3) is 2.94. The van der Waals surface area contributed by atoms with Crippen LogP contribution in [0.3, 0.4) is 0 Å². The Morgan fingerprint density at radius 2 is 2.19 bits per heavy atom. The zero-order valence-electron chi connectivity index (χ0n) is 11.4. The number of carboxylic acid groups (broad SMARTS) is 1. The Morgan fingerprint density at radius 3 is 2.76 bits per heavy atom. The standard InChI is InChI=1S/C15H16N2O4/c1-2-12(18)17-11-5-3-4-10(8-11)15(14(20)21)7-6-13(19)16-9-15/h2-5,8H,1,6-7,9H2,(H,16,19)(H,17,18)(H,20,21)/t15-/m1/s1. The third-order valence-electron chi connectivity index (χ3n) is 3.64. The van der Waals surface area contributed by atoms with E-state index in [2.05, 4.69) is 17.2 Å². The first-order chi connectivity index (χ1) is 9.98. The number of benzene rings is 1. The van der Waals surface area contributed by atoms with Gasteiger partial charge in [0.1, 0.15) is 5.41 Å². The van der Waals surface area contributed by atoms with Crippen LogP contribution in [0.4, 0.5) is 5.69 Å². The molecule has 1 aromatic carbocycles. The molecule has 110 valence electrons. The lowest BCUT2D eigenvalue weighted by Crippen LogP contribution is -2.51. The minimum Gasteiger partial charge on any atom is -0.481 e. The van der Waals surface area contributed by atoms with Gasteiger partial charge in [-0.25, -0.2) is 0 Å². The lowest BCUT2D eigenvalue weighted by atomic mass is 9.74. The molecule has 1 heterocycles. The number of hydrogen-bond acceptors (Lipinski definition) is 3. The summed E-state index contributed by atoms with van der Waals surface area (Å²) in [5.74, 6) is -1.51. The van der Waals surface area contributed by atoms with Crippen molar-refractivity contribution in [3.8, 4) is 0 Å². The van der Waals surface area contributed by atoms with Gasteiger partial charge in [-0.05, 0) is 30.2 Å². The van der Waals surface area contributed by atoms with E-state index in [9.17, 15) is 19.5 Å². The van der Waals surface area contributed by atoms with E-state index in [1.165, 1.54) is 0 Å². The van der Waals surface area contributed by atoms with Gasteiger partial charge >= 0.3 is 5.97 Å². The predicted molar refractivity (Wildman–Crippen MR) is 76.8 cm³/mol. The molecule has 0 radical (unpaired) electrons. The number of hydrogen-bond donors (Lipinski definition) is 3. The highest BCUT2D eigenvalue weighted by atomic mass is 16.4. The van der Waals surface area contributed by atoms with Crippen LogP contribution < -0.4 is 10.6 Å². The number of nitrogens with one attached hydrogen (secondary N) is 2. The van der Waals surface area contributed by atoms with Gasteiger partial charge in [0, 0.05) is 18.7 Å². The highest BCUT2D eigenvalue weighted by Crippen LogP contribution is 2.33. The number of carbonyl (C=O) groups excluding carboxylic acids is 2. The van der Waals surface area contributed by atoms with Crippen LogP contribution >= 0.6 is 0 Å². The van der Waals surface area contributed by atoms with Gasteiger partial charge in [-0.2, -0.15) is 0 Å². The SMILES string of the molecule is C=CC(=O)Nc1cccc([C@@]2(C(=O)O)CCC(=O)NC2)c1. The lowest BCUT2D eigenvalue weighted by molar-refractivity contribution is -0.145. The van der Waals surface area contributed by atoms with Gasteiger partial charge in [0.15, 0.2) is 0 Å². The van der Waals surface area contributed by atoms with Gasteiger partial charge in [-0.1, -0.05) is 18.7 Å². The van der Waals surface area contributed by atoms with Gasteiger partial charge < -0.3 is 15.7 Å². The molecule has 0 aromatic heterocycles. The molecule has 1 atom stereocenters. The van der Waals surface area contributed by atoms with Crippen molar-refractivity contribution < 1.29 is 19.5 Å². The zero-order chi connectivity index (χ0) is 15.5. The molecule has 1 aromatic rings. The molecule has 1 aliphatic heterocycles. The Hall–Kier alpha value is -2.63. The molecule has 0 bridgehead atoms. The second-order valence-electron chi connectivity index (χ2n) is 4.94. The number of anilines is 1. The first-order valence-corrected chi connectivity index (χ1v) is 6.52. The summed E-state index contributed by atoms with van der Waals surface area (Å²) in [4.78, 5) is 34.3. The van der Waals surface area contributed by atoms with Crippen LogP contribution in [0.2, 0.25) is 0 Å². The second kappa shape index (κ2) is 5.78. The van der Waals surface area contributed by atoms with E-state index < -0.39 is 11.4 Å². The fraction of sp³-hybridized carbons (Fsp3) is 0.267. The summed E-state index contributed by atoms with van der Waals surface area (Å²) in [6.07, 6.45) is 1.53. The van der Waals surface area contributed by atoms with Crippen LogP contribution in [0, 0.1) is 0 Å². The second-order valence-corrected chi connectivity index (χ2v) is 4.94. The van der Waals surface area contributed by atoms with Crippen LogP contribution in [0.25, 0.3) is 0 Å². The van der Waals surface area contributed by atoms with Crippen LogP contribution in [-0.4, -0.2) is 29.4 Å². The average molecular weight is 288 g/mol. The Kier molecular flexibility index (Phi) is 4.07. The summed E-state index contributed by atoms with van der Waals surface area (Å²) in [7, 11) is 0. The summed E-state index contributed by atoms with van der Waals surface area (Å²) in [6.45, 7) is 3.41. The molecule has 2 rings (SSSR count). The van der Waals surface area contributed by atoms with E-state index in [0.29, 0.717) is 11.3 Å². The predicted octanol–water partition coefficient (Wildman–Crippen LogP) is 1.04. The zero-order valence-corrected chi connectivity index (χ0v) is 11.4. The van der Waals surface area contributed by atoms with Crippen LogP contribution in [0.1, 0.15) is 18.4 Å². The fourth-order valence-corrected chi connectivity index (χ4v) is 2.39. The van der Waals surface area contributed by atoms with Crippen molar-refractivity contribution in [3.05, 3.63) is 42.5 Å². The van der Waals surface area contributed by atoms with E-state index in [4.69, 9.17) is 0 Å². The van der Waals surface area contributed by atoms with E-state index in [1.54, 1.807) is 24.3 Å². The molecule has 6 heteroatoms. The van der Waals surface area contributed by atoms with Gasteiger partial charge in [0.2, 0.25) is 11.8 Å². The summed E-state index contributed by atoms with van der Waals surface area (Å²) >= 11 is 0. The molecular weight excluding hydrogens is 272 g/mol. The molecule has 0 unspecified atom stereocenters. The Labute approximate surface area is 121 Å². The molecule has 1 aliphatic rings. The van der Waals surface area contributed by atoms with E-state index in [-0.39, 0.29) is 31.2 Å². The molecule has 2 amide bonds. The van der Waals surface area contributed by atoms with Crippen molar-refractivity contribution >= 4 is 23.5 Å². The topological polar surface area (TPSA) is 95.5 Å². The monoisotopic (exact) mass is 288 g/mol. The van der Waals surface area contributed by atoms with Crippen molar-refractivity contribution in [2.45, 2.75) is 18.3 Å². The molecule has 0 spiro atoms. The first kappa shape index (κ1) is 14.8. The largest absolute Gasteiger partial charge is 0.481 e. The van der Waals surface area contributed by atoms with E-state index in [0.717, 1.165) is 6.08 Å². The summed E-state index contributed by atoms with van der Waals surface area (Å²) in [5, 5.41) is 14.8. The summed E-state index contributed by atoms with van der Waals surface area (Å²) in [5.41, 5.74) is -0.116. The maximum atomic E-state index is 11.7. The smallest absolute Gasteiger partial charge is 0.315 e. The van der Waals surface area contributed by atoms with Crippen LogP contribution in [-0.2, 0) is 19.8 Å². The molecular formula is C15H16N2O4. The minimum atomic E-state index is -1.16. The molecule has 6 nitrogen and oxygen atoms in total. The number of carboxylic acids is 1. The molecule has 3 N–H and O–H groups in total. The number of rotatable bonds is 4. The molecule has 0 saturated carbocycles. The molecule has 1 fully saturated rings. The highest BCUT2D eigenvalue weighted by Gasteiger charge is 2.43. The van der Waals surface area contributed by atoms with Crippen molar-refractivity contribution in [3.63, 3.8) is 0 Å². The third-order valence-corrected chi connectivity index (χ3v) is 3.64. The fourth-order valence-electron chi connectivity index (χ4n) is 2.39. The van der Waals surface area contributed by atoms with E-state index in [1.807, 2.05) is 0 Å². The highest BCUT2D eigenvalue weighted by molar-refractivity contribution is 5.99. The van der Waals surface area contributed by atoms with Gasteiger partial charge in [-0.15, -0.1) is 0 Å². The number of carbonyl (C=O) groups is 3. The summed E-state index contributed by atoms with van der Waals surface area (Å²) < 4.78 is 0. The van der Waals surface area contributed by atoms with Crippen LogP contribution in [0.5, 0.6) is 0 Å². The number of amides is 2. The maximum Gasteiger partial charge on any atom is 0.315 e. The average Bonchev–Trinajstić information content (AvgIpc) is 2.48. The number of aliphatic carboxylic acids is 1. The lowest BCUT2D eigenvalue weighted by Gasteiger charge is -2.33. The van der Waals surface area contributed by atoms with Crippen molar-refractivity contribution in [1.82, 2.24) is 5.32 Å². The Bertz CT molecular complexity index is 599. The quantitative estimate of drug-likeness (QED) is 0.721. The minimum absolute atomic E-state index is 0.0417. The number of piperidine rings is 1. The normalized spacial score (nSPS) is 21.2.